The number of hydrogen-bond donors (Lipinski definition) is 1. The molecule has 1 N–H and O–H groups in total. The maximum atomic E-state index is 12.6. The summed E-state index contributed by atoms with van der Waals surface area (Å²) in [6.45, 7) is 1.66. The molecule has 0 aliphatic rings. The van der Waals surface area contributed by atoms with Gasteiger partial charge in [0.2, 0.25) is 21.7 Å². The molecule has 0 atom stereocenters. The zero-order valence-corrected chi connectivity index (χ0v) is 15.3. The molecule has 0 unspecified atom stereocenters. The molecule has 0 spiro atoms. The van der Waals surface area contributed by atoms with Crippen molar-refractivity contribution in [3.05, 3.63) is 48.4 Å². The molecule has 10 nitrogen and oxygen atoms in total. The minimum absolute atomic E-state index is 0.0399. The van der Waals surface area contributed by atoms with Crippen LogP contribution in [-0.2, 0) is 23.6 Å². The number of aryl methyl sites for hydroxylation is 2. The fourth-order valence-corrected chi connectivity index (χ4v) is 3.56. The van der Waals surface area contributed by atoms with Gasteiger partial charge in [-0.15, -0.1) is 0 Å². The van der Waals surface area contributed by atoms with Crippen LogP contribution < -0.4 is 4.72 Å². The molecule has 11 heteroatoms. The van der Waals surface area contributed by atoms with Crippen molar-refractivity contribution in [3.63, 3.8) is 0 Å². The van der Waals surface area contributed by atoms with E-state index in [1.54, 1.807) is 49.2 Å². The predicted molar refractivity (Wildman–Crippen MR) is 94.8 cm³/mol. The van der Waals surface area contributed by atoms with Crippen molar-refractivity contribution in [1.29, 1.82) is 0 Å². The lowest BCUT2D eigenvalue weighted by atomic mass is 10.3. The Bertz CT molecular complexity index is 1220. The summed E-state index contributed by atoms with van der Waals surface area (Å²) in [4.78, 5) is 12.4. The Morgan fingerprint density at radius 2 is 2.15 bits per heavy atom. The standard InChI is InChI=1S/C16H15N7O3S/c1-10-13-6-12(8-18-16(13)23(2)21-10)27(24,25)19-9-14-20-15(22-26-14)11-4-3-5-17-7-11/h3-8,19H,9H2,1-2H3. The van der Waals surface area contributed by atoms with Crippen molar-refractivity contribution in [2.75, 3.05) is 0 Å². The molecule has 0 aliphatic carbocycles. The van der Waals surface area contributed by atoms with Gasteiger partial charge in [0.15, 0.2) is 5.65 Å². The van der Waals surface area contributed by atoms with Crippen molar-refractivity contribution >= 4 is 21.1 Å². The van der Waals surface area contributed by atoms with Crippen LogP contribution in [0.5, 0.6) is 0 Å². The van der Waals surface area contributed by atoms with E-state index in [4.69, 9.17) is 4.52 Å². The average Bonchev–Trinajstić information content (AvgIpc) is 3.26. The number of hydrogen-bond acceptors (Lipinski definition) is 8. The number of rotatable bonds is 5. The van der Waals surface area contributed by atoms with Gasteiger partial charge in [0.1, 0.15) is 4.90 Å². The fourth-order valence-electron chi connectivity index (χ4n) is 2.61. The minimum atomic E-state index is -3.80. The van der Waals surface area contributed by atoms with Crippen molar-refractivity contribution in [3.8, 4) is 11.4 Å². The second kappa shape index (κ2) is 6.52. The molecule has 0 saturated heterocycles. The summed E-state index contributed by atoms with van der Waals surface area (Å²) in [5.74, 6) is 0.482. The first-order valence-corrected chi connectivity index (χ1v) is 9.44. The van der Waals surface area contributed by atoms with E-state index in [0.717, 1.165) is 0 Å². The third-order valence-corrected chi connectivity index (χ3v) is 5.32. The highest BCUT2D eigenvalue weighted by atomic mass is 32.2. The molecule has 4 heterocycles. The van der Waals surface area contributed by atoms with Gasteiger partial charge in [0.05, 0.1) is 12.2 Å². The molecule has 0 fully saturated rings. The maximum Gasteiger partial charge on any atom is 0.242 e. The van der Waals surface area contributed by atoms with E-state index in [2.05, 4.69) is 29.9 Å². The van der Waals surface area contributed by atoms with Gasteiger partial charge in [0.25, 0.3) is 0 Å². The highest BCUT2D eigenvalue weighted by Gasteiger charge is 2.19. The lowest BCUT2D eigenvalue weighted by Gasteiger charge is -2.04. The number of fused-ring (bicyclic) bond motifs is 1. The summed E-state index contributed by atoms with van der Waals surface area (Å²) >= 11 is 0. The van der Waals surface area contributed by atoms with Gasteiger partial charge in [-0.05, 0) is 25.1 Å². The first-order valence-electron chi connectivity index (χ1n) is 7.96. The van der Waals surface area contributed by atoms with Crippen LogP contribution in [0.25, 0.3) is 22.4 Å². The van der Waals surface area contributed by atoms with E-state index in [1.807, 2.05) is 0 Å². The van der Waals surface area contributed by atoms with E-state index >= 15 is 0 Å². The van der Waals surface area contributed by atoms with Crippen LogP contribution in [0.2, 0.25) is 0 Å². The number of aromatic nitrogens is 6. The SMILES string of the molecule is Cc1nn(C)c2ncc(S(=O)(=O)NCc3nc(-c4cccnc4)no3)cc12. The van der Waals surface area contributed by atoms with Crippen LogP contribution >= 0.6 is 0 Å². The quantitative estimate of drug-likeness (QED) is 0.542. The van der Waals surface area contributed by atoms with Gasteiger partial charge in [-0.25, -0.2) is 18.1 Å². The zero-order chi connectivity index (χ0) is 19.0. The van der Waals surface area contributed by atoms with E-state index < -0.39 is 10.0 Å². The van der Waals surface area contributed by atoms with Crippen LogP contribution in [0, 0.1) is 6.92 Å². The number of sulfonamides is 1. The van der Waals surface area contributed by atoms with Crippen molar-refractivity contribution in [1.82, 2.24) is 34.6 Å². The summed E-state index contributed by atoms with van der Waals surface area (Å²) in [5.41, 5.74) is 2.00. The van der Waals surface area contributed by atoms with Gasteiger partial charge < -0.3 is 4.52 Å². The summed E-state index contributed by atoms with van der Waals surface area (Å²) in [5, 5.41) is 8.75. The summed E-state index contributed by atoms with van der Waals surface area (Å²) < 4.78 is 34.3. The average molecular weight is 385 g/mol. The molecule has 27 heavy (non-hydrogen) atoms. The molecular formula is C16H15N7O3S. The Balaban J connectivity index is 1.54. The lowest BCUT2D eigenvalue weighted by Crippen LogP contribution is -2.23. The van der Waals surface area contributed by atoms with E-state index in [0.29, 0.717) is 28.1 Å². The summed E-state index contributed by atoms with van der Waals surface area (Å²) in [6, 6.07) is 5.07. The van der Waals surface area contributed by atoms with Crippen LogP contribution in [0.1, 0.15) is 11.6 Å². The van der Waals surface area contributed by atoms with Gasteiger partial charge >= 0.3 is 0 Å². The molecule has 4 aromatic heterocycles. The monoisotopic (exact) mass is 385 g/mol. The molecule has 138 valence electrons. The Morgan fingerprint density at radius 1 is 1.30 bits per heavy atom. The molecule has 4 aromatic rings. The minimum Gasteiger partial charge on any atom is -0.338 e. The predicted octanol–water partition coefficient (Wildman–Crippen LogP) is 1.20. The highest BCUT2D eigenvalue weighted by Crippen LogP contribution is 2.19. The van der Waals surface area contributed by atoms with E-state index in [1.165, 1.54) is 6.20 Å². The van der Waals surface area contributed by atoms with E-state index in [-0.39, 0.29) is 17.3 Å². The van der Waals surface area contributed by atoms with Gasteiger partial charge in [-0.1, -0.05) is 5.16 Å². The molecule has 0 bridgehead atoms. The third-order valence-electron chi connectivity index (χ3n) is 3.95. The van der Waals surface area contributed by atoms with Gasteiger partial charge in [-0.3, -0.25) is 9.67 Å². The largest absolute Gasteiger partial charge is 0.338 e. The van der Waals surface area contributed by atoms with Crippen LogP contribution in [0.15, 0.2) is 46.2 Å². The van der Waals surface area contributed by atoms with Crippen LogP contribution in [0.4, 0.5) is 0 Å². The summed E-state index contributed by atoms with van der Waals surface area (Å²) in [6.07, 6.45) is 4.52. The molecule has 0 amide bonds. The molecule has 0 aliphatic heterocycles. The Kier molecular flexibility index (Phi) is 4.16. The van der Waals surface area contributed by atoms with Crippen LogP contribution in [0.3, 0.4) is 0 Å². The van der Waals surface area contributed by atoms with Crippen molar-refractivity contribution < 1.29 is 12.9 Å². The molecule has 0 aromatic carbocycles. The third kappa shape index (κ3) is 3.29. The first-order chi connectivity index (χ1) is 12.9. The zero-order valence-electron chi connectivity index (χ0n) is 14.5. The van der Waals surface area contributed by atoms with Gasteiger partial charge in [-0.2, -0.15) is 10.1 Å². The second-order valence-electron chi connectivity index (χ2n) is 5.83. The maximum absolute atomic E-state index is 12.6. The fraction of sp³-hybridized carbons (Fsp3) is 0.188. The topological polar surface area (TPSA) is 129 Å². The molecule has 0 saturated carbocycles. The first kappa shape index (κ1) is 17.2. The van der Waals surface area contributed by atoms with E-state index in [9.17, 15) is 8.42 Å². The highest BCUT2D eigenvalue weighted by molar-refractivity contribution is 7.89. The molecular weight excluding hydrogens is 370 g/mol. The number of pyridine rings is 2. The molecule has 0 radical (unpaired) electrons. The van der Waals surface area contributed by atoms with Crippen molar-refractivity contribution in [2.45, 2.75) is 18.4 Å². The lowest BCUT2D eigenvalue weighted by molar-refractivity contribution is 0.376. The van der Waals surface area contributed by atoms with Gasteiger partial charge in [0, 0.05) is 36.6 Å². The van der Waals surface area contributed by atoms with Crippen LogP contribution in [-0.4, -0.2) is 38.3 Å². The Labute approximate surface area is 154 Å². The smallest absolute Gasteiger partial charge is 0.242 e. The van der Waals surface area contributed by atoms with Crippen molar-refractivity contribution in [2.24, 2.45) is 7.05 Å². The summed E-state index contributed by atoms with van der Waals surface area (Å²) in [7, 11) is -2.05. The number of nitrogens with zero attached hydrogens (tertiary/aromatic N) is 6. The Hall–Kier alpha value is -3.18. The Morgan fingerprint density at radius 3 is 2.93 bits per heavy atom. The normalized spacial score (nSPS) is 11.9. The second-order valence-corrected chi connectivity index (χ2v) is 7.60. The number of nitrogens with one attached hydrogen (secondary N) is 1. The molecule has 4 rings (SSSR count).